The minimum absolute atomic E-state index is 0.0188. The Hall–Kier alpha value is -1.45. The number of carboxylic acid groups (broad SMARTS) is 1. The standard InChI is InChI=1S/C10H8F2O2/c11-10(12)5-8(10)6-3-1-2-4-7(6)9(13)14/h1-4,8H,5H2,(H,13,14). The van der Waals surface area contributed by atoms with Crippen LogP contribution in [0.5, 0.6) is 0 Å². The number of hydrogen-bond acceptors (Lipinski definition) is 1. The Balaban J connectivity index is 2.39. The molecule has 0 radical (unpaired) electrons. The second-order valence-electron chi connectivity index (χ2n) is 3.41. The molecule has 1 unspecified atom stereocenters. The van der Waals surface area contributed by atoms with Crippen LogP contribution in [0.15, 0.2) is 24.3 Å². The van der Waals surface area contributed by atoms with Crippen LogP contribution in [0.25, 0.3) is 0 Å². The SMILES string of the molecule is O=C(O)c1ccccc1C1CC1(F)F. The molecule has 1 aromatic carbocycles. The number of alkyl halides is 2. The van der Waals surface area contributed by atoms with Crippen molar-refractivity contribution in [3.63, 3.8) is 0 Å². The highest BCUT2D eigenvalue weighted by atomic mass is 19.3. The van der Waals surface area contributed by atoms with Crippen LogP contribution in [0.3, 0.4) is 0 Å². The minimum atomic E-state index is -2.72. The van der Waals surface area contributed by atoms with Crippen molar-refractivity contribution in [3.8, 4) is 0 Å². The first kappa shape index (κ1) is 9.12. The van der Waals surface area contributed by atoms with Gasteiger partial charge in [-0.1, -0.05) is 18.2 Å². The van der Waals surface area contributed by atoms with Gasteiger partial charge in [-0.15, -0.1) is 0 Å². The van der Waals surface area contributed by atoms with Gasteiger partial charge in [0, 0.05) is 6.42 Å². The zero-order chi connectivity index (χ0) is 10.3. The third kappa shape index (κ3) is 1.36. The van der Waals surface area contributed by atoms with E-state index >= 15 is 0 Å². The molecule has 14 heavy (non-hydrogen) atoms. The number of rotatable bonds is 2. The van der Waals surface area contributed by atoms with E-state index in [9.17, 15) is 13.6 Å². The molecule has 4 heteroatoms. The van der Waals surface area contributed by atoms with Crippen molar-refractivity contribution in [2.75, 3.05) is 0 Å². The summed E-state index contributed by atoms with van der Waals surface area (Å²) >= 11 is 0. The number of benzene rings is 1. The maximum Gasteiger partial charge on any atom is 0.335 e. The first-order chi connectivity index (χ1) is 6.52. The molecule has 1 aromatic rings. The van der Waals surface area contributed by atoms with Crippen LogP contribution in [0, 0.1) is 0 Å². The highest BCUT2D eigenvalue weighted by Gasteiger charge is 2.58. The van der Waals surface area contributed by atoms with Crippen molar-refractivity contribution in [2.24, 2.45) is 0 Å². The first-order valence-corrected chi connectivity index (χ1v) is 4.22. The van der Waals surface area contributed by atoms with Gasteiger partial charge in [-0.25, -0.2) is 13.6 Å². The van der Waals surface area contributed by atoms with E-state index in [1.165, 1.54) is 18.2 Å². The number of aromatic carboxylic acids is 1. The van der Waals surface area contributed by atoms with Crippen molar-refractivity contribution in [2.45, 2.75) is 18.3 Å². The summed E-state index contributed by atoms with van der Waals surface area (Å²) in [4.78, 5) is 10.7. The maximum absolute atomic E-state index is 12.7. The molecule has 1 atom stereocenters. The molecule has 1 N–H and O–H groups in total. The van der Waals surface area contributed by atoms with E-state index in [4.69, 9.17) is 5.11 Å². The zero-order valence-corrected chi connectivity index (χ0v) is 7.21. The van der Waals surface area contributed by atoms with Gasteiger partial charge in [0.1, 0.15) is 0 Å². The fraction of sp³-hybridized carbons (Fsp3) is 0.300. The smallest absolute Gasteiger partial charge is 0.335 e. The molecule has 2 nitrogen and oxygen atoms in total. The fourth-order valence-corrected chi connectivity index (χ4v) is 1.55. The Kier molecular flexibility index (Phi) is 1.80. The van der Waals surface area contributed by atoms with Crippen LogP contribution in [0.2, 0.25) is 0 Å². The van der Waals surface area contributed by atoms with E-state index in [0.717, 1.165) is 0 Å². The molecule has 0 bridgehead atoms. The third-order valence-electron chi connectivity index (χ3n) is 2.39. The molecule has 0 saturated heterocycles. The lowest BCUT2D eigenvalue weighted by atomic mass is 10.0. The van der Waals surface area contributed by atoms with Gasteiger partial charge in [-0.3, -0.25) is 0 Å². The highest BCUT2D eigenvalue weighted by molar-refractivity contribution is 5.89. The first-order valence-electron chi connectivity index (χ1n) is 4.22. The Bertz CT molecular complexity index is 387. The maximum atomic E-state index is 12.7. The summed E-state index contributed by atoms with van der Waals surface area (Å²) in [7, 11) is 0. The predicted octanol–water partition coefficient (Wildman–Crippen LogP) is 2.51. The van der Waals surface area contributed by atoms with Crippen LogP contribution in [-0.4, -0.2) is 17.0 Å². The second-order valence-corrected chi connectivity index (χ2v) is 3.41. The Morgan fingerprint density at radius 3 is 2.50 bits per heavy atom. The average Bonchev–Trinajstić information content (AvgIpc) is 2.75. The van der Waals surface area contributed by atoms with Crippen molar-refractivity contribution in [3.05, 3.63) is 35.4 Å². The number of hydrogen-bond donors (Lipinski definition) is 1. The van der Waals surface area contributed by atoms with Gasteiger partial charge in [0.2, 0.25) is 0 Å². The van der Waals surface area contributed by atoms with Crippen molar-refractivity contribution in [1.29, 1.82) is 0 Å². The van der Waals surface area contributed by atoms with Gasteiger partial charge < -0.3 is 5.11 Å². The Labute approximate surface area is 79.2 Å². The lowest BCUT2D eigenvalue weighted by molar-refractivity contribution is 0.0694. The van der Waals surface area contributed by atoms with Crippen LogP contribution < -0.4 is 0 Å². The van der Waals surface area contributed by atoms with E-state index in [1.807, 2.05) is 0 Å². The minimum Gasteiger partial charge on any atom is -0.478 e. The quantitative estimate of drug-likeness (QED) is 0.792. The predicted molar refractivity (Wildman–Crippen MR) is 45.7 cm³/mol. The van der Waals surface area contributed by atoms with Gasteiger partial charge >= 0.3 is 5.97 Å². The van der Waals surface area contributed by atoms with Gasteiger partial charge in [0.05, 0.1) is 11.5 Å². The number of carboxylic acids is 1. The van der Waals surface area contributed by atoms with Crippen LogP contribution in [0.4, 0.5) is 8.78 Å². The topological polar surface area (TPSA) is 37.3 Å². The van der Waals surface area contributed by atoms with E-state index < -0.39 is 17.8 Å². The van der Waals surface area contributed by atoms with Gasteiger partial charge in [-0.05, 0) is 11.6 Å². The summed E-state index contributed by atoms with van der Waals surface area (Å²) in [6.07, 6.45) is -0.239. The average molecular weight is 198 g/mol. The summed E-state index contributed by atoms with van der Waals surface area (Å²) in [5.74, 6) is -4.77. The molecule has 2 rings (SSSR count). The van der Waals surface area contributed by atoms with E-state index in [0.29, 0.717) is 0 Å². The summed E-state index contributed by atoms with van der Waals surface area (Å²) in [5, 5.41) is 8.77. The van der Waals surface area contributed by atoms with Gasteiger partial charge in [-0.2, -0.15) is 0 Å². The monoisotopic (exact) mass is 198 g/mol. The fourth-order valence-electron chi connectivity index (χ4n) is 1.55. The van der Waals surface area contributed by atoms with E-state index in [-0.39, 0.29) is 17.5 Å². The van der Waals surface area contributed by atoms with E-state index in [1.54, 1.807) is 6.07 Å². The lowest BCUT2D eigenvalue weighted by Crippen LogP contribution is -2.03. The molecule has 1 aliphatic rings. The second kappa shape index (κ2) is 2.77. The molecule has 1 fully saturated rings. The Morgan fingerprint density at radius 1 is 1.43 bits per heavy atom. The molecule has 0 spiro atoms. The highest BCUT2D eigenvalue weighted by Crippen LogP contribution is 2.56. The van der Waals surface area contributed by atoms with E-state index in [2.05, 4.69) is 0 Å². The lowest BCUT2D eigenvalue weighted by Gasteiger charge is -2.03. The van der Waals surface area contributed by atoms with Crippen LogP contribution in [-0.2, 0) is 0 Å². The largest absolute Gasteiger partial charge is 0.478 e. The van der Waals surface area contributed by atoms with Gasteiger partial charge in [0.25, 0.3) is 5.92 Å². The van der Waals surface area contributed by atoms with Crippen molar-refractivity contribution in [1.82, 2.24) is 0 Å². The molecule has 0 aromatic heterocycles. The zero-order valence-electron chi connectivity index (χ0n) is 7.21. The molecule has 1 saturated carbocycles. The molecule has 1 aliphatic carbocycles. The summed E-state index contributed by atoms with van der Waals surface area (Å²) < 4.78 is 25.5. The summed E-state index contributed by atoms with van der Waals surface area (Å²) in [6, 6.07) is 5.92. The molecular weight excluding hydrogens is 190 g/mol. The number of carbonyl (C=O) groups is 1. The van der Waals surface area contributed by atoms with Gasteiger partial charge in [0.15, 0.2) is 0 Å². The third-order valence-corrected chi connectivity index (χ3v) is 2.39. The van der Waals surface area contributed by atoms with Crippen molar-refractivity contribution < 1.29 is 18.7 Å². The molecule has 74 valence electrons. The molecule has 0 heterocycles. The summed E-state index contributed by atoms with van der Waals surface area (Å²) in [6.45, 7) is 0. The summed E-state index contributed by atoms with van der Waals surface area (Å²) in [5.41, 5.74) is 0.222. The molecule has 0 aliphatic heterocycles. The van der Waals surface area contributed by atoms with Crippen molar-refractivity contribution >= 4 is 5.97 Å². The van der Waals surface area contributed by atoms with Crippen LogP contribution in [0.1, 0.15) is 28.3 Å². The molecule has 0 amide bonds. The normalized spacial score (nSPS) is 23.1. The van der Waals surface area contributed by atoms with Crippen LogP contribution >= 0.6 is 0 Å². The number of halogens is 2. The molecular formula is C10H8F2O2. The Morgan fingerprint density at radius 2 is 2.00 bits per heavy atom.